The van der Waals surface area contributed by atoms with Crippen LogP contribution in [0.25, 0.3) is 0 Å². The van der Waals surface area contributed by atoms with Crippen molar-refractivity contribution in [3.8, 4) is 6.07 Å². The fourth-order valence-electron chi connectivity index (χ4n) is 1.44. The number of hydrogen-bond acceptors (Lipinski definition) is 3. The SMILES string of the molecule is CC(O)=C(C#N)C(=O)N(C)c1ccc(C(F)(F)F)cc1. The number of aliphatic hydroxyl groups excluding tert-OH is 1. The predicted octanol–water partition coefficient (Wildman–Crippen LogP) is 3.02. The number of rotatable bonds is 2. The van der Waals surface area contributed by atoms with Crippen molar-refractivity contribution in [3.05, 3.63) is 41.2 Å². The van der Waals surface area contributed by atoms with Crippen molar-refractivity contribution in [2.45, 2.75) is 13.1 Å². The molecular formula is C13H11F3N2O2. The monoisotopic (exact) mass is 284 g/mol. The highest BCUT2D eigenvalue weighted by Gasteiger charge is 2.30. The molecular weight excluding hydrogens is 273 g/mol. The quantitative estimate of drug-likeness (QED) is 0.516. The van der Waals surface area contributed by atoms with E-state index in [2.05, 4.69) is 0 Å². The Bertz CT molecular complexity index is 579. The van der Waals surface area contributed by atoms with Crippen molar-refractivity contribution < 1.29 is 23.1 Å². The smallest absolute Gasteiger partial charge is 0.416 e. The Morgan fingerprint density at radius 3 is 2.15 bits per heavy atom. The van der Waals surface area contributed by atoms with Crippen LogP contribution in [0.15, 0.2) is 35.6 Å². The van der Waals surface area contributed by atoms with Gasteiger partial charge in [-0.3, -0.25) is 4.79 Å². The summed E-state index contributed by atoms with van der Waals surface area (Å²) in [5.74, 6) is -1.25. The van der Waals surface area contributed by atoms with E-state index in [0.717, 1.165) is 29.2 Å². The lowest BCUT2D eigenvalue weighted by Crippen LogP contribution is -2.28. The fourth-order valence-corrected chi connectivity index (χ4v) is 1.44. The van der Waals surface area contributed by atoms with Gasteiger partial charge in [-0.2, -0.15) is 18.4 Å². The maximum Gasteiger partial charge on any atom is 0.416 e. The van der Waals surface area contributed by atoms with Crippen LogP contribution < -0.4 is 4.90 Å². The van der Waals surface area contributed by atoms with E-state index in [4.69, 9.17) is 5.26 Å². The average molecular weight is 284 g/mol. The van der Waals surface area contributed by atoms with Crippen LogP contribution in [0.3, 0.4) is 0 Å². The number of nitrogens with zero attached hydrogens (tertiary/aromatic N) is 2. The lowest BCUT2D eigenvalue weighted by molar-refractivity contribution is -0.137. The molecule has 0 aromatic heterocycles. The molecule has 1 aromatic rings. The van der Waals surface area contributed by atoms with Gasteiger partial charge in [0.15, 0.2) is 5.57 Å². The summed E-state index contributed by atoms with van der Waals surface area (Å²) in [5.41, 5.74) is -1.12. The summed E-state index contributed by atoms with van der Waals surface area (Å²) in [6, 6.07) is 5.44. The molecule has 0 spiro atoms. The number of amides is 1. The highest BCUT2D eigenvalue weighted by molar-refractivity contribution is 6.08. The number of allylic oxidation sites excluding steroid dienone is 1. The van der Waals surface area contributed by atoms with Crippen LogP contribution in [0.4, 0.5) is 18.9 Å². The van der Waals surface area contributed by atoms with Crippen molar-refractivity contribution in [2.24, 2.45) is 0 Å². The third-order valence-electron chi connectivity index (χ3n) is 2.57. The summed E-state index contributed by atoms with van der Waals surface area (Å²) in [7, 11) is 1.30. The molecule has 0 bridgehead atoms. The molecule has 1 amide bonds. The molecule has 7 heteroatoms. The Hall–Kier alpha value is -2.49. The average Bonchev–Trinajstić information content (AvgIpc) is 2.37. The maximum absolute atomic E-state index is 12.4. The molecule has 0 aliphatic heterocycles. The fraction of sp³-hybridized carbons (Fsp3) is 0.231. The molecule has 0 saturated heterocycles. The van der Waals surface area contributed by atoms with Crippen molar-refractivity contribution in [1.29, 1.82) is 5.26 Å². The zero-order valence-electron chi connectivity index (χ0n) is 10.7. The molecule has 0 aliphatic carbocycles. The largest absolute Gasteiger partial charge is 0.511 e. The molecule has 106 valence electrons. The molecule has 0 heterocycles. The van der Waals surface area contributed by atoms with Gasteiger partial charge in [0, 0.05) is 12.7 Å². The van der Waals surface area contributed by atoms with E-state index in [1.165, 1.54) is 14.0 Å². The molecule has 0 atom stereocenters. The molecule has 1 N–H and O–H groups in total. The Balaban J connectivity index is 3.06. The van der Waals surface area contributed by atoms with E-state index in [1.54, 1.807) is 6.07 Å². The van der Waals surface area contributed by atoms with Gasteiger partial charge in [0.25, 0.3) is 5.91 Å². The number of hydrogen-bond donors (Lipinski definition) is 1. The Morgan fingerprint density at radius 2 is 1.80 bits per heavy atom. The third kappa shape index (κ3) is 3.29. The van der Waals surface area contributed by atoms with Crippen molar-refractivity contribution in [3.63, 3.8) is 0 Å². The van der Waals surface area contributed by atoms with Crippen LogP contribution in [0, 0.1) is 11.3 Å². The molecule has 0 aliphatic rings. The van der Waals surface area contributed by atoms with Crippen molar-refractivity contribution >= 4 is 11.6 Å². The standard InChI is InChI=1S/C13H11F3N2O2/c1-8(19)11(7-17)12(20)18(2)10-5-3-9(4-6-10)13(14,15)16/h3-6,19H,1-2H3. The molecule has 1 aromatic carbocycles. The zero-order valence-corrected chi connectivity index (χ0v) is 10.7. The first-order valence-corrected chi connectivity index (χ1v) is 5.43. The number of halogens is 3. The molecule has 0 radical (unpaired) electrons. The normalized spacial score (nSPS) is 12.4. The van der Waals surface area contributed by atoms with E-state index in [1.807, 2.05) is 0 Å². The van der Waals surface area contributed by atoms with Gasteiger partial charge in [-0.1, -0.05) is 0 Å². The van der Waals surface area contributed by atoms with Gasteiger partial charge < -0.3 is 10.0 Å². The number of benzene rings is 1. The summed E-state index contributed by atoms with van der Waals surface area (Å²) in [4.78, 5) is 12.8. The second kappa shape index (κ2) is 5.65. The highest BCUT2D eigenvalue weighted by Crippen LogP contribution is 2.30. The minimum atomic E-state index is -4.46. The highest BCUT2D eigenvalue weighted by atomic mass is 19.4. The first-order valence-electron chi connectivity index (χ1n) is 5.43. The summed E-state index contributed by atoms with van der Waals surface area (Å²) in [5, 5.41) is 17.9. The van der Waals surface area contributed by atoms with Gasteiger partial charge in [-0.15, -0.1) is 0 Å². The van der Waals surface area contributed by atoms with E-state index in [0.29, 0.717) is 0 Å². The van der Waals surface area contributed by atoms with Crippen molar-refractivity contribution in [1.82, 2.24) is 0 Å². The van der Waals surface area contributed by atoms with Gasteiger partial charge in [0.1, 0.15) is 11.8 Å². The summed E-state index contributed by atoms with van der Waals surface area (Å²) < 4.78 is 37.2. The Labute approximate surface area is 113 Å². The van der Waals surface area contributed by atoms with Crippen LogP contribution in [0.2, 0.25) is 0 Å². The lowest BCUT2D eigenvalue weighted by Gasteiger charge is -2.17. The number of aliphatic hydroxyl groups is 1. The van der Waals surface area contributed by atoms with E-state index < -0.39 is 29.0 Å². The second-order valence-electron chi connectivity index (χ2n) is 3.98. The summed E-state index contributed by atoms with van der Waals surface area (Å²) in [6.07, 6.45) is -4.46. The van der Waals surface area contributed by atoms with E-state index >= 15 is 0 Å². The molecule has 1 rings (SSSR count). The van der Waals surface area contributed by atoms with Gasteiger partial charge >= 0.3 is 6.18 Å². The maximum atomic E-state index is 12.4. The van der Waals surface area contributed by atoms with E-state index in [9.17, 15) is 23.1 Å². The molecule has 0 fully saturated rings. The van der Waals surface area contributed by atoms with Gasteiger partial charge in [-0.05, 0) is 31.2 Å². The number of alkyl halides is 3. The predicted molar refractivity (Wildman–Crippen MR) is 65.8 cm³/mol. The minimum Gasteiger partial charge on any atom is -0.511 e. The van der Waals surface area contributed by atoms with Gasteiger partial charge in [-0.25, -0.2) is 0 Å². The van der Waals surface area contributed by atoms with Crippen LogP contribution in [-0.4, -0.2) is 18.1 Å². The first-order chi connectivity index (χ1) is 9.18. The number of nitriles is 1. The van der Waals surface area contributed by atoms with Gasteiger partial charge in [0.2, 0.25) is 0 Å². The van der Waals surface area contributed by atoms with Crippen molar-refractivity contribution in [2.75, 3.05) is 11.9 Å². The molecule has 0 saturated carbocycles. The molecule has 4 nitrogen and oxygen atoms in total. The van der Waals surface area contributed by atoms with Crippen LogP contribution >= 0.6 is 0 Å². The van der Waals surface area contributed by atoms with Crippen LogP contribution in [-0.2, 0) is 11.0 Å². The molecule has 20 heavy (non-hydrogen) atoms. The summed E-state index contributed by atoms with van der Waals surface area (Å²) in [6.45, 7) is 1.18. The van der Waals surface area contributed by atoms with Crippen LogP contribution in [0.1, 0.15) is 12.5 Å². The number of likely N-dealkylation sites (N-methyl/N-ethyl adjacent to an activating group) is 1. The topological polar surface area (TPSA) is 64.3 Å². The summed E-state index contributed by atoms with van der Waals surface area (Å²) >= 11 is 0. The Kier molecular flexibility index (Phi) is 4.40. The second-order valence-corrected chi connectivity index (χ2v) is 3.98. The van der Waals surface area contributed by atoms with Crippen LogP contribution in [0.5, 0.6) is 0 Å². The van der Waals surface area contributed by atoms with E-state index in [-0.39, 0.29) is 5.69 Å². The number of anilines is 1. The lowest BCUT2D eigenvalue weighted by atomic mass is 10.1. The minimum absolute atomic E-state index is 0.178. The Morgan fingerprint density at radius 1 is 1.30 bits per heavy atom. The number of carbonyl (C=O) groups is 1. The number of carbonyl (C=O) groups excluding carboxylic acids is 1. The van der Waals surface area contributed by atoms with Gasteiger partial charge in [0.05, 0.1) is 5.56 Å². The first kappa shape index (κ1) is 15.6. The molecule has 0 unspecified atom stereocenters. The third-order valence-corrected chi connectivity index (χ3v) is 2.57. The zero-order chi connectivity index (χ0) is 15.5.